The number of aromatic nitrogens is 3. The summed E-state index contributed by atoms with van der Waals surface area (Å²) < 4.78 is 13.0. The lowest BCUT2D eigenvalue weighted by molar-refractivity contribution is 0.0993. The molecule has 2 heterocycles. The van der Waals surface area contributed by atoms with Crippen molar-refractivity contribution in [1.82, 2.24) is 15.0 Å². The van der Waals surface area contributed by atoms with Crippen molar-refractivity contribution in [3.05, 3.63) is 53.4 Å². The zero-order valence-corrected chi connectivity index (χ0v) is 14.5. The molecule has 3 rings (SSSR count). The van der Waals surface area contributed by atoms with Crippen molar-refractivity contribution >= 4 is 28.2 Å². The Kier molecular flexibility index (Phi) is 5.15. The summed E-state index contributed by atoms with van der Waals surface area (Å²) in [6.07, 6.45) is 1.38. The topological polar surface area (TPSA) is 94.8 Å². The van der Waals surface area contributed by atoms with Gasteiger partial charge < -0.3 is 5.32 Å². The first-order valence-corrected chi connectivity index (χ1v) is 8.39. The molecule has 7 nitrogen and oxygen atoms in total. The monoisotopic (exact) mass is 368 g/mol. The van der Waals surface area contributed by atoms with Crippen LogP contribution in [0.1, 0.15) is 10.4 Å². The smallest absolute Gasteiger partial charge is 0.259 e. The molecular weight excluding hydrogens is 355 g/mol. The van der Waals surface area contributed by atoms with Gasteiger partial charge in [0.2, 0.25) is 0 Å². The summed E-state index contributed by atoms with van der Waals surface area (Å²) in [5.74, 6) is -0.169. The van der Waals surface area contributed by atoms with Gasteiger partial charge in [0.15, 0.2) is 5.13 Å². The molecule has 1 aromatic carbocycles. The molecule has 0 aliphatic heterocycles. The van der Waals surface area contributed by atoms with Gasteiger partial charge in [-0.2, -0.15) is 5.26 Å². The highest BCUT2D eigenvalue weighted by molar-refractivity contribution is 7.14. The van der Waals surface area contributed by atoms with Crippen LogP contribution in [0.15, 0.2) is 42.0 Å². The minimum absolute atomic E-state index is 0.133. The van der Waals surface area contributed by atoms with Crippen molar-refractivity contribution in [2.24, 2.45) is 0 Å². The number of carbonyl (C=O) groups is 1. The fourth-order valence-corrected chi connectivity index (χ4v) is 2.92. The molecule has 1 N–H and O–H groups in total. The largest absolute Gasteiger partial charge is 0.357 e. The number of carbonyl (C=O) groups excluding carboxylic acids is 1. The summed E-state index contributed by atoms with van der Waals surface area (Å²) in [4.78, 5) is 26.5. The molecule has 0 atom stereocenters. The van der Waals surface area contributed by atoms with Crippen LogP contribution in [0.4, 0.5) is 15.3 Å². The quantitative estimate of drug-likeness (QED) is 0.696. The minimum Gasteiger partial charge on any atom is -0.357 e. The number of benzene rings is 1. The van der Waals surface area contributed by atoms with Crippen LogP contribution in [0.25, 0.3) is 11.4 Å². The van der Waals surface area contributed by atoms with Crippen LogP contribution in [0, 0.1) is 17.1 Å². The Balaban J connectivity index is 1.80. The summed E-state index contributed by atoms with van der Waals surface area (Å²) in [7, 11) is 1.61. The van der Waals surface area contributed by atoms with E-state index in [1.807, 2.05) is 6.07 Å². The maximum absolute atomic E-state index is 13.0. The zero-order valence-electron chi connectivity index (χ0n) is 13.7. The Morgan fingerprint density at radius 3 is 2.81 bits per heavy atom. The third-order valence-electron chi connectivity index (χ3n) is 3.45. The molecule has 0 aliphatic carbocycles. The molecule has 0 radical (unpaired) electrons. The molecule has 9 heteroatoms. The summed E-state index contributed by atoms with van der Waals surface area (Å²) in [6.45, 7) is 0.133. The molecule has 0 fully saturated rings. The molecule has 0 bridgehead atoms. The lowest BCUT2D eigenvalue weighted by atomic mass is 10.2. The van der Waals surface area contributed by atoms with E-state index in [1.54, 1.807) is 18.5 Å². The predicted molar refractivity (Wildman–Crippen MR) is 96.4 cm³/mol. The highest BCUT2D eigenvalue weighted by atomic mass is 32.1. The van der Waals surface area contributed by atoms with E-state index in [0.29, 0.717) is 27.9 Å². The number of hydrogen-bond donors (Lipinski definition) is 1. The molecule has 0 unspecified atom stereocenters. The Hall–Kier alpha value is -3.38. The van der Waals surface area contributed by atoms with Gasteiger partial charge in [0.05, 0.1) is 11.8 Å². The van der Waals surface area contributed by atoms with E-state index in [9.17, 15) is 9.18 Å². The minimum atomic E-state index is -0.398. The number of anilines is 2. The van der Waals surface area contributed by atoms with Gasteiger partial charge in [-0.25, -0.2) is 19.3 Å². The SMILES string of the molecule is CN(C(=O)c1ccc(F)cc1)c1nc(-c2cc(NCC#N)ncn2)cs1. The van der Waals surface area contributed by atoms with Crippen molar-refractivity contribution in [1.29, 1.82) is 5.26 Å². The maximum atomic E-state index is 13.0. The summed E-state index contributed by atoms with van der Waals surface area (Å²) >= 11 is 1.29. The van der Waals surface area contributed by atoms with Gasteiger partial charge in [-0.05, 0) is 24.3 Å². The number of nitrogens with one attached hydrogen (secondary N) is 1. The number of rotatable bonds is 5. The van der Waals surface area contributed by atoms with Crippen molar-refractivity contribution in [3.63, 3.8) is 0 Å². The number of nitriles is 1. The van der Waals surface area contributed by atoms with Crippen LogP contribution >= 0.6 is 11.3 Å². The van der Waals surface area contributed by atoms with Crippen LogP contribution in [0.2, 0.25) is 0 Å². The van der Waals surface area contributed by atoms with E-state index in [1.165, 1.54) is 46.8 Å². The van der Waals surface area contributed by atoms with Gasteiger partial charge in [0, 0.05) is 24.1 Å². The lowest BCUT2D eigenvalue weighted by Gasteiger charge is -2.13. The summed E-state index contributed by atoms with van der Waals surface area (Å²) in [5.41, 5.74) is 1.53. The Labute approximate surface area is 152 Å². The lowest BCUT2D eigenvalue weighted by Crippen LogP contribution is -2.26. The van der Waals surface area contributed by atoms with Crippen molar-refractivity contribution < 1.29 is 9.18 Å². The Bertz CT molecular complexity index is 966. The fourth-order valence-electron chi connectivity index (χ4n) is 2.13. The van der Waals surface area contributed by atoms with Crippen molar-refractivity contribution in [2.45, 2.75) is 0 Å². The van der Waals surface area contributed by atoms with Gasteiger partial charge in [0.1, 0.15) is 30.2 Å². The normalized spacial score (nSPS) is 10.2. The van der Waals surface area contributed by atoms with Gasteiger partial charge in [-0.1, -0.05) is 0 Å². The number of nitrogens with zero attached hydrogens (tertiary/aromatic N) is 5. The number of amides is 1. The van der Waals surface area contributed by atoms with Crippen molar-refractivity contribution in [3.8, 4) is 17.5 Å². The average Bonchev–Trinajstić information content (AvgIpc) is 3.16. The molecule has 0 aliphatic rings. The molecule has 26 heavy (non-hydrogen) atoms. The second-order valence-corrected chi connectivity index (χ2v) is 6.02. The molecule has 1 amide bonds. The van der Waals surface area contributed by atoms with Gasteiger partial charge in [0.25, 0.3) is 5.91 Å². The molecule has 130 valence electrons. The predicted octanol–water partition coefficient (Wildman–Crippen LogP) is 2.95. The van der Waals surface area contributed by atoms with E-state index in [4.69, 9.17) is 5.26 Å². The van der Waals surface area contributed by atoms with Crippen LogP contribution in [-0.2, 0) is 0 Å². The van der Waals surface area contributed by atoms with E-state index in [0.717, 1.165) is 0 Å². The van der Waals surface area contributed by atoms with Gasteiger partial charge >= 0.3 is 0 Å². The van der Waals surface area contributed by atoms with E-state index in [-0.39, 0.29) is 12.5 Å². The summed E-state index contributed by atoms with van der Waals surface area (Å²) in [6, 6.07) is 9.00. The second kappa shape index (κ2) is 7.67. The Morgan fingerprint density at radius 2 is 2.08 bits per heavy atom. The van der Waals surface area contributed by atoms with Crippen LogP contribution in [0.3, 0.4) is 0 Å². The molecular formula is C17H13FN6OS. The fraction of sp³-hybridized carbons (Fsp3) is 0.118. The second-order valence-electron chi connectivity index (χ2n) is 5.19. The number of hydrogen-bond acceptors (Lipinski definition) is 7. The highest BCUT2D eigenvalue weighted by Gasteiger charge is 2.17. The van der Waals surface area contributed by atoms with E-state index >= 15 is 0 Å². The molecule has 0 spiro atoms. The molecule has 2 aromatic heterocycles. The van der Waals surface area contributed by atoms with Gasteiger partial charge in [-0.3, -0.25) is 9.69 Å². The first-order chi connectivity index (χ1) is 12.6. The van der Waals surface area contributed by atoms with Crippen molar-refractivity contribution in [2.75, 3.05) is 23.8 Å². The molecule has 0 saturated carbocycles. The van der Waals surface area contributed by atoms with Crippen LogP contribution in [-0.4, -0.2) is 34.5 Å². The van der Waals surface area contributed by atoms with Gasteiger partial charge in [-0.15, -0.1) is 11.3 Å². The first kappa shape index (κ1) is 17.4. The standard InChI is InChI=1S/C17H13FN6OS/c1-24(16(25)11-2-4-12(18)5-3-11)17-23-14(9-26-17)13-8-15(20-7-6-19)22-10-21-13/h2-5,8-10H,7H2,1H3,(H,20,21,22). The average molecular weight is 368 g/mol. The number of halogens is 1. The zero-order chi connectivity index (χ0) is 18.5. The number of thiazole rings is 1. The summed E-state index contributed by atoms with van der Waals surface area (Å²) in [5, 5.41) is 13.7. The van der Waals surface area contributed by atoms with Crippen LogP contribution in [0.5, 0.6) is 0 Å². The first-order valence-electron chi connectivity index (χ1n) is 7.51. The molecule has 0 saturated heterocycles. The maximum Gasteiger partial charge on any atom is 0.259 e. The Morgan fingerprint density at radius 1 is 1.31 bits per heavy atom. The van der Waals surface area contributed by atoms with E-state index in [2.05, 4.69) is 20.3 Å². The third kappa shape index (κ3) is 3.81. The third-order valence-corrected chi connectivity index (χ3v) is 4.37. The van der Waals surface area contributed by atoms with Crippen LogP contribution < -0.4 is 10.2 Å². The molecule has 3 aromatic rings. The van der Waals surface area contributed by atoms with E-state index < -0.39 is 5.82 Å². The highest BCUT2D eigenvalue weighted by Crippen LogP contribution is 2.27.